The Morgan fingerprint density at radius 1 is 1.24 bits per heavy atom. The maximum Gasteiger partial charge on any atom is 0.191 e. The van der Waals surface area contributed by atoms with E-state index >= 15 is 0 Å². The Hall–Kier alpha value is -0.600. The van der Waals surface area contributed by atoms with Gasteiger partial charge in [0.25, 0.3) is 0 Å². The van der Waals surface area contributed by atoms with Crippen LogP contribution in [-0.2, 0) is 6.42 Å². The molecule has 0 amide bonds. The van der Waals surface area contributed by atoms with Crippen molar-refractivity contribution in [1.82, 2.24) is 20.5 Å². The monoisotopic (exact) mass is 479 g/mol. The molecule has 0 aromatic carbocycles. The normalized spacial score (nSPS) is 16.2. The highest BCUT2D eigenvalue weighted by Crippen LogP contribution is 2.19. The van der Waals surface area contributed by atoms with Crippen LogP contribution in [0.25, 0.3) is 0 Å². The van der Waals surface area contributed by atoms with Gasteiger partial charge in [-0.2, -0.15) is 0 Å². The number of guanidine groups is 1. The molecule has 1 aromatic heterocycles. The van der Waals surface area contributed by atoms with Crippen molar-refractivity contribution in [3.8, 4) is 0 Å². The molecule has 5 nitrogen and oxygen atoms in total. The summed E-state index contributed by atoms with van der Waals surface area (Å²) in [6.45, 7) is 8.70. The van der Waals surface area contributed by atoms with Crippen LogP contribution < -0.4 is 10.6 Å². The van der Waals surface area contributed by atoms with Crippen molar-refractivity contribution in [3.63, 3.8) is 0 Å². The van der Waals surface area contributed by atoms with Crippen molar-refractivity contribution in [2.75, 3.05) is 33.2 Å². The van der Waals surface area contributed by atoms with E-state index in [1.54, 1.807) is 0 Å². The molecule has 1 saturated heterocycles. The summed E-state index contributed by atoms with van der Waals surface area (Å²) in [6.07, 6.45) is 6.69. The van der Waals surface area contributed by atoms with Crippen LogP contribution in [-0.4, -0.2) is 54.6 Å². The van der Waals surface area contributed by atoms with Gasteiger partial charge in [0, 0.05) is 31.9 Å². The van der Waals surface area contributed by atoms with E-state index in [1.165, 1.54) is 32.4 Å². The molecule has 0 aliphatic carbocycles. The minimum Gasteiger partial charge on any atom is -0.356 e. The number of hydrogen-bond acceptors (Lipinski definition) is 3. The molecule has 142 valence electrons. The van der Waals surface area contributed by atoms with Gasteiger partial charge in [0.05, 0.1) is 0 Å². The summed E-state index contributed by atoms with van der Waals surface area (Å²) >= 11 is 5.81. The van der Waals surface area contributed by atoms with Crippen molar-refractivity contribution in [1.29, 1.82) is 0 Å². The first-order valence-corrected chi connectivity index (χ1v) is 9.19. The lowest BCUT2D eigenvalue weighted by molar-refractivity contribution is 0.0982. The van der Waals surface area contributed by atoms with Crippen LogP contribution in [0.3, 0.4) is 0 Å². The van der Waals surface area contributed by atoms with Crippen LogP contribution in [0.5, 0.6) is 0 Å². The molecule has 2 heterocycles. The fourth-order valence-electron chi connectivity index (χ4n) is 3.01. The first-order chi connectivity index (χ1) is 11.5. The molecular weight excluding hydrogens is 449 g/mol. The second-order valence-corrected chi connectivity index (χ2v) is 7.34. The van der Waals surface area contributed by atoms with Gasteiger partial charge < -0.3 is 10.6 Å². The Kier molecular flexibility index (Phi) is 10.0. The number of rotatable bonds is 6. The van der Waals surface area contributed by atoms with Crippen molar-refractivity contribution >= 4 is 41.5 Å². The summed E-state index contributed by atoms with van der Waals surface area (Å²) in [7, 11) is 1.81. The van der Waals surface area contributed by atoms with Gasteiger partial charge in [0.15, 0.2) is 5.96 Å². The van der Waals surface area contributed by atoms with Crippen LogP contribution in [0.15, 0.2) is 23.3 Å². The standard InChI is InChI=1S/C18H30ClN5.HI/c1-18(2,24-11-5-4-6-12-24)14-23-17(20-3)21-10-9-15-7-8-16(19)22-13-15;/h7-8,13H,4-6,9-12,14H2,1-3H3,(H2,20,21,23);1H. The van der Waals surface area contributed by atoms with Crippen LogP contribution in [0.1, 0.15) is 38.7 Å². The highest BCUT2D eigenvalue weighted by atomic mass is 127. The maximum atomic E-state index is 5.81. The van der Waals surface area contributed by atoms with Gasteiger partial charge in [-0.3, -0.25) is 9.89 Å². The molecular formula is C18H31ClIN5. The van der Waals surface area contributed by atoms with Gasteiger partial charge >= 0.3 is 0 Å². The van der Waals surface area contributed by atoms with Gasteiger partial charge in [-0.25, -0.2) is 4.98 Å². The molecule has 1 aliphatic heterocycles. The topological polar surface area (TPSA) is 52.6 Å². The summed E-state index contributed by atoms with van der Waals surface area (Å²) in [5, 5.41) is 7.36. The van der Waals surface area contributed by atoms with E-state index in [2.05, 4.69) is 39.4 Å². The molecule has 1 aromatic rings. The molecule has 0 spiro atoms. The maximum absolute atomic E-state index is 5.81. The fraction of sp³-hybridized carbons (Fsp3) is 0.667. The lowest BCUT2D eigenvalue weighted by Crippen LogP contribution is -2.55. The number of nitrogens with zero attached hydrogens (tertiary/aromatic N) is 3. The van der Waals surface area contributed by atoms with E-state index in [0.29, 0.717) is 5.15 Å². The Balaban J connectivity index is 0.00000312. The van der Waals surface area contributed by atoms with Crippen molar-refractivity contribution < 1.29 is 0 Å². The van der Waals surface area contributed by atoms with Crippen LogP contribution in [0.4, 0.5) is 0 Å². The number of pyridine rings is 1. The number of aromatic nitrogens is 1. The number of nitrogens with one attached hydrogen (secondary N) is 2. The van der Waals surface area contributed by atoms with Crippen LogP contribution >= 0.6 is 35.6 Å². The van der Waals surface area contributed by atoms with Crippen LogP contribution in [0.2, 0.25) is 5.15 Å². The number of halogens is 2. The van der Waals surface area contributed by atoms with Gasteiger partial charge in [0.2, 0.25) is 0 Å². The number of likely N-dealkylation sites (tertiary alicyclic amines) is 1. The molecule has 2 N–H and O–H groups in total. The third-order valence-corrected chi connectivity index (χ3v) is 4.84. The average Bonchev–Trinajstić information content (AvgIpc) is 2.60. The molecule has 0 bridgehead atoms. The van der Waals surface area contributed by atoms with Gasteiger partial charge in [-0.15, -0.1) is 24.0 Å². The lowest BCUT2D eigenvalue weighted by atomic mass is 9.98. The first-order valence-electron chi connectivity index (χ1n) is 8.81. The molecule has 0 radical (unpaired) electrons. The first kappa shape index (κ1) is 22.4. The van der Waals surface area contributed by atoms with E-state index in [-0.39, 0.29) is 29.5 Å². The Labute approximate surface area is 174 Å². The lowest BCUT2D eigenvalue weighted by Gasteiger charge is -2.41. The predicted molar refractivity (Wildman–Crippen MR) is 117 cm³/mol. The largest absolute Gasteiger partial charge is 0.356 e. The zero-order valence-electron chi connectivity index (χ0n) is 15.5. The number of piperidine rings is 1. The zero-order chi connectivity index (χ0) is 17.4. The molecule has 1 fully saturated rings. The number of aliphatic imine (C=N–C) groups is 1. The molecule has 25 heavy (non-hydrogen) atoms. The summed E-state index contributed by atoms with van der Waals surface area (Å²) in [5.74, 6) is 0.849. The second-order valence-electron chi connectivity index (χ2n) is 6.95. The van der Waals surface area contributed by atoms with E-state index < -0.39 is 0 Å². The van der Waals surface area contributed by atoms with Crippen LogP contribution in [0, 0.1) is 0 Å². The second kappa shape index (κ2) is 11.2. The van der Waals surface area contributed by atoms with Crippen molar-refractivity contribution in [2.24, 2.45) is 4.99 Å². The molecule has 0 saturated carbocycles. The third kappa shape index (κ3) is 7.66. The molecule has 7 heteroatoms. The molecule has 0 unspecified atom stereocenters. The minimum atomic E-state index is 0. The van der Waals surface area contributed by atoms with E-state index in [4.69, 9.17) is 11.6 Å². The Morgan fingerprint density at radius 2 is 1.96 bits per heavy atom. The molecule has 2 rings (SSSR count). The summed E-state index contributed by atoms with van der Waals surface area (Å²) in [4.78, 5) is 11.0. The zero-order valence-corrected chi connectivity index (χ0v) is 18.6. The van der Waals surface area contributed by atoms with Crippen molar-refractivity contribution in [3.05, 3.63) is 29.0 Å². The van der Waals surface area contributed by atoms with Gasteiger partial charge in [0.1, 0.15) is 5.15 Å². The number of hydrogen-bond donors (Lipinski definition) is 2. The molecule has 0 atom stereocenters. The fourth-order valence-corrected chi connectivity index (χ4v) is 3.12. The SMILES string of the molecule is CN=C(NCCc1ccc(Cl)nc1)NCC(C)(C)N1CCCCC1.I. The Bertz CT molecular complexity index is 527. The average molecular weight is 480 g/mol. The Morgan fingerprint density at radius 3 is 2.56 bits per heavy atom. The summed E-state index contributed by atoms with van der Waals surface area (Å²) < 4.78 is 0. The smallest absolute Gasteiger partial charge is 0.191 e. The highest BCUT2D eigenvalue weighted by molar-refractivity contribution is 14.0. The summed E-state index contributed by atoms with van der Waals surface area (Å²) in [5.41, 5.74) is 1.30. The predicted octanol–water partition coefficient (Wildman–Crippen LogP) is 3.33. The van der Waals surface area contributed by atoms with Gasteiger partial charge in [-0.1, -0.05) is 24.1 Å². The minimum absolute atomic E-state index is 0. The third-order valence-electron chi connectivity index (χ3n) is 4.62. The van der Waals surface area contributed by atoms with E-state index in [9.17, 15) is 0 Å². The quantitative estimate of drug-likeness (QED) is 0.284. The van der Waals surface area contributed by atoms with E-state index in [0.717, 1.165) is 31.0 Å². The van der Waals surface area contributed by atoms with Crippen molar-refractivity contribution in [2.45, 2.75) is 45.1 Å². The van der Waals surface area contributed by atoms with Gasteiger partial charge in [-0.05, 0) is 57.8 Å². The van der Waals surface area contributed by atoms with E-state index in [1.807, 2.05) is 25.4 Å². The highest BCUT2D eigenvalue weighted by Gasteiger charge is 2.27. The molecule has 1 aliphatic rings. The summed E-state index contributed by atoms with van der Waals surface area (Å²) in [6, 6.07) is 3.83.